The summed E-state index contributed by atoms with van der Waals surface area (Å²) in [6, 6.07) is 2.56. The number of nitrogens with zero attached hydrogens (tertiary/aromatic N) is 3. The molecule has 1 saturated heterocycles. The highest BCUT2D eigenvalue weighted by Crippen LogP contribution is 2.24. The topological polar surface area (TPSA) is 76.7 Å². The molecule has 2 aromatic rings. The molecule has 1 aromatic heterocycles. The Morgan fingerprint density at radius 2 is 1.95 bits per heavy atom. The largest absolute Gasteiger partial charge is 0.421 e. The van der Waals surface area contributed by atoms with Gasteiger partial charge in [0.2, 0.25) is 0 Å². The fraction of sp³-hybridized carbons (Fsp3) is 0.429. The molecule has 1 aliphatic heterocycles. The molecule has 1 fully saturated rings. The minimum atomic E-state index is -0.919. The third-order valence-electron chi connectivity index (χ3n) is 3.86. The van der Waals surface area contributed by atoms with E-state index in [0.29, 0.717) is 37.5 Å². The first kappa shape index (κ1) is 14.6. The fourth-order valence-corrected chi connectivity index (χ4v) is 2.72. The summed E-state index contributed by atoms with van der Waals surface area (Å²) in [5, 5.41) is 9.52. The summed E-state index contributed by atoms with van der Waals surface area (Å²) in [6.45, 7) is 4.03. The third-order valence-corrected chi connectivity index (χ3v) is 3.86. The molecule has 0 saturated carbocycles. The lowest BCUT2D eigenvalue weighted by Crippen LogP contribution is -2.39. The van der Waals surface area contributed by atoms with Crippen molar-refractivity contribution in [2.24, 2.45) is 0 Å². The molecule has 1 aromatic carbocycles. The van der Waals surface area contributed by atoms with E-state index < -0.39 is 17.1 Å². The van der Waals surface area contributed by atoms with Crippen LogP contribution in [0.5, 0.6) is 0 Å². The van der Waals surface area contributed by atoms with Crippen LogP contribution in [0.2, 0.25) is 0 Å². The SMILES string of the molecule is CCn1c(=O)n(O)c(=O)c2cc(F)c(N3CCOCC3)cc21. The predicted octanol–water partition coefficient (Wildman–Crippen LogP) is 0.396. The van der Waals surface area contributed by atoms with Crippen LogP contribution >= 0.6 is 0 Å². The van der Waals surface area contributed by atoms with Crippen LogP contribution < -0.4 is 16.1 Å². The van der Waals surface area contributed by atoms with E-state index in [-0.39, 0.29) is 16.7 Å². The van der Waals surface area contributed by atoms with Crippen molar-refractivity contribution in [2.45, 2.75) is 13.5 Å². The average molecular weight is 309 g/mol. The summed E-state index contributed by atoms with van der Waals surface area (Å²) in [7, 11) is 0. The molecular weight excluding hydrogens is 293 g/mol. The van der Waals surface area contributed by atoms with Gasteiger partial charge >= 0.3 is 5.69 Å². The maximum Gasteiger partial charge on any atom is 0.364 e. The zero-order valence-electron chi connectivity index (χ0n) is 12.1. The van der Waals surface area contributed by atoms with Crippen LogP contribution in [0.15, 0.2) is 21.7 Å². The van der Waals surface area contributed by atoms with Crippen LogP contribution in [0, 0.1) is 5.82 Å². The van der Waals surface area contributed by atoms with Gasteiger partial charge in [-0.15, -0.1) is 0 Å². The van der Waals surface area contributed by atoms with Gasteiger partial charge in [-0.25, -0.2) is 9.18 Å². The van der Waals surface area contributed by atoms with Crippen molar-refractivity contribution in [1.29, 1.82) is 0 Å². The lowest BCUT2D eigenvalue weighted by Gasteiger charge is -2.29. The number of rotatable bonds is 2. The Morgan fingerprint density at radius 1 is 1.27 bits per heavy atom. The predicted molar refractivity (Wildman–Crippen MR) is 78.3 cm³/mol. The zero-order chi connectivity index (χ0) is 15.9. The Morgan fingerprint density at radius 3 is 2.59 bits per heavy atom. The van der Waals surface area contributed by atoms with E-state index >= 15 is 0 Å². The maximum atomic E-state index is 14.4. The number of ether oxygens (including phenoxy) is 1. The Bertz CT molecular complexity index is 837. The standard InChI is InChI=1S/C14H16FN3O4/c1-2-17-11-8-12(16-3-5-22-6-4-16)10(15)7-9(11)13(19)18(21)14(17)20/h7-8,21H,2-6H2,1H3. The molecule has 7 nitrogen and oxygen atoms in total. The number of fused-ring (bicyclic) bond motifs is 1. The number of morpholine rings is 1. The number of aromatic nitrogens is 2. The summed E-state index contributed by atoms with van der Waals surface area (Å²) in [5.41, 5.74) is -1.12. The van der Waals surface area contributed by atoms with Crippen LogP contribution in [-0.2, 0) is 11.3 Å². The van der Waals surface area contributed by atoms with Crippen LogP contribution in [-0.4, -0.2) is 40.8 Å². The maximum absolute atomic E-state index is 14.4. The van der Waals surface area contributed by atoms with Crippen molar-refractivity contribution in [3.63, 3.8) is 0 Å². The van der Waals surface area contributed by atoms with Crippen molar-refractivity contribution in [3.8, 4) is 0 Å². The summed E-state index contributed by atoms with van der Waals surface area (Å²) in [4.78, 5) is 25.7. The smallest absolute Gasteiger partial charge is 0.364 e. The van der Waals surface area contributed by atoms with Gasteiger partial charge in [-0.1, -0.05) is 4.73 Å². The Hall–Kier alpha value is -2.35. The molecule has 118 valence electrons. The Balaban J connectivity index is 2.30. The van der Waals surface area contributed by atoms with E-state index in [0.717, 1.165) is 6.07 Å². The second-order valence-electron chi connectivity index (χ2n) is 5.06. The second kappa shape index (κ2) is 5.45. The first-order valence-electron chi connectivity index (χ1n) is 7.05. The monoisotopic (exact) mass is 309 g/mol. The molecule has 1 aliphatic rings. The minimum Gasteiger partial charge on any atom is -0.421 e. The lowest BCUT2D eigenvalue weighted by molar-refractivity contribution is 0.122. The van der Waals surface area contributed by atoms with Crippen LogP contribution in [0.3, 0.4) is 0 Å². The highest BCUT2D eigenvalue weighted by atomic mass is 19.1. The zero-order valence-corrected chi connectivity index (χ0v) is 12.1. The summed E-state index contributed by atoms with van der Waals surface area (Å²) >= 11 is 0. The van der Waals surface area contributed by atoms with Crippen LogP contribution in [0.4, 0.5) is 10.1 Å². The number of anilines is 1. The van der Waals surface area contributed by atoms with Gasteiger partial charge in [-0.05, 0) is 19.1 Å². The number of hydrogen-bond acceptors (Lipinski definition) is 5. The van der Waals surface area contributed by atoms with Gasteiger partial charge in [0.05, 0.1) is 29.8 Å². The second-order valence-corrected chi connectivity index (χ2v) is 5.06. The van der Waals surface area contributed by atoms with Crippen LogP contribution in [0.25, 0.3) is 10.9 Å². The molecule has 0 unspecified atom stereocenters. The number of halogens is 1. The molecular formula is C14H16FN3O4. The third kappa shape index (κ3) is 2.16. The molecule has 1 N–H and O–H groups in total. The molecule has 2 heterocycles. The van der Waals surface area contributed by atoms with E-state index in [9.17, 15) is 19.2 Å². The van der Waals surface area contributed by atoms with Crippen molar-refractivity contribution in [3.05, 3.63) is 38.8 Å². The Labute approximate surface area is 124 Å². The van der Waals surface area contributed by atoms with Crippen molar-refractivity contribution in [1.82, 2.24) is 9.30 Å². The minimum absolute atomic E-state index is 0.0136. The van der Waals surface area contributed by atoms with Gasteiger partial charge in [0.25, 0.3) is 5.56 Å². The van der Waals surface area contributed by atoms with Gasteiger partial charge in [-0.3, -0.25) is 9.36 Å². The molecule has 8 heteroatoms. The van der Waals surface area contributed by atoms with Gasteiger partial charge in [0.1, 0.15) is 5.82 Å². The molecule has 0 radical (unpaired) electrons. The highest BCUT2D eigenvalue weighted by Gasteiger charge is 2.19. The van der Waals surface area contributed by atoms with E-state index in [2.05, 4.69) is 0 Å². The summed E-state index contributed by atoms with van der Waals surface area (Å²) in [5.74, 6) is -0.562. The number of aryl methyl sites for hydroxylation is 1. The molecule has 22 heavy (non-hydrogen) atoms. The van der Waals surface area contributed by atoms with Gasteiger partial charge in [0.15, 0.2) is 0 Å². The number of benzene rings is 1. The van der Waals surface area contributed by atoms with E-state index in [4.69, 9.17) is 4.74 Å². The van der Waals surface area contributed by atoms with Crippen molar-refractivity contribution >= 4 is 16.6 Å². The normalized spacial score (nSPS) is 15.5. The van der Waals surface area contributed by atoms with Crippen molar-refractivity contribution in [2.75, 3.05) is 31.2 Å². The molecule has 0 atom stereocenters. The number of hydrogen-bond donors (Lipinski definition) is 1. The summed E-state index contributed by atoms with van der Waals surface area (Å²) in [6.07, 6.45) is 0. The molecule has 0 amide bonds. The van der Waals surface area contributed by atoms with Gasteiger partial charge < -0.3 is 14.8 Å². The average Bonchev–Trinajstić information content (AvgIpc) is 2.54. The Kier molecular flexibility index (Phi) is 3.61. The lowest BCUT2D eigenvalue weighted by atomic mass is 10.2. The van der Waals surface area contributed by atoms with Crippen molar-refractivity contribution < 1.29 is 14.3 Å². The van der Waals surface area contributed by atoms with E-state index in [1.165, 1.54) is 10.6 Å². The fourth-order valence-electron chi connectivity index (χ4n) is 2.72. The van der Waals surface area contributed by atoms with E-state index in [1.807, 2.05) is 4.90 Å². The molecule has 3 rings (SSSR count). The molecule has 0 aliphatic carbocycles. The molecule has 0 spiro atoms. The van der Waals surface area contributed by atoms with E-state index in [1.54, 1.807) is 6.92 Å². The summed E-state index contributed by atoms with van der Waals surface area (Å²) < 4.78 is 20.8. The van der Waals surface area contributed by atoms with Gasteiger partial charge in [-0.2, -0.15) is 0 Å². The highest BCUT2D eigenvalue weighted by molar-refractivity contribution is 5.82. The molecule has 0 bridgehead atoms. The quantitative estimate of drug-likeness (QED) is 0.813. The first-order valence-corrected chi connectivity index (χ1v) is 7.05. The van der Waals surface area contributed by atoms with Crippen LogP contribution in [0.1, 0.15) is 6.92 Å². The van der Waals surface area contributed by atoms with Gasteiger partial charge in [0, 0.05) is 19.6 Å². The first-order chi connectivity index (χ1) is 10.5.